The Morgan fingerprint density at radius 3 is 3.00 bits per heavy atom. The van der Waals surface area contributed by atoms with Crippen molar-refractivity contribution in [1.29, 1.82) is 0 Å². The molecule has 0 saturated heterocycles. The van der Waals surface area contributed by atoms with Gasteiger partial charge in [-0.1, -0.05) is 23.7 Å². The summed E-state index contributed by atoms with van der Waals surface area (Å²) in [5.41, 5.74) is 0.867. The maximum atomic E-state index is 6.33. The minimum Gasteiger partial charge on any atom is -0.250 e. The normalized spacial score (nSPS) is 17.5. The van der Waals surface area contributed by atoms with Crippen LogP contribution in [0.4, 0.5) is 0 Å². The van der Waals surface area contributed by atoms with E-state index < -0.39 is 0 Å². The number of para-hydroxylation sites is 1. The van der Waals surface area contributed by atoms with Gasteiger partial charge in [0.15, 0.2) is 0 Å². The molecule has 1 aliphatic heterocycles. The van der Waals surface area contributed by atoms with Crippen molar-refractivity contribution in [3.8, 4) is 5.69 Å². The summed E-state index contributed by atoms with van der Waals surface area (Å²) in [6, 6.07) is 7.71. The van der Waals surface area contributed by atoms with E-state index in [1.807, 2.05) is 40.6 Å². The first-order valence-electron chi connectivity index (χ1n) is 7.27. The van der Waals surface area contributed by atoms with Crippen molar-refractivity contribution in [3.63, 3.8) is 0 Å². The fraction of sp³-hybridized carbons (Fsp3) is 0.333. The zero-order valence-electron chi connectivity index (χ0n) is 12.1. The molecule has 0 N–H and O–H groups in total. The number of halogens is 1. The summed E-state index contributed by atoms with van der Waals surface area (Å²) in [5.74, 6) is 2.97. The third-order valence-electron chi connectivity index (χ3n) is 4.00. The standard InChI is InChI=1S/C15H15ClN6/c1-10-19-15(11-6-7-21-14(8-11)17-9-18-21)22(20-10)13-5-3-2-4-12(13)16/h2-5,9,11H,6-8H2,1H3. The van der Waals surface area contributed by atoms with Crippen LogP contribution in [0.2, 0.25) is 5.02 Å². The number of nitrogens with zero attached hydrogens (tertiary/aromatic N) is 6. The highest BCUT2D eigenvalue weighted by Gasteiger charge is 2.27. The van der Waals surface area contributed by atoms with Gasteiger partial charge in [0.25, 0.3) is 0 Å². The van der Waals surface area contributed by atoms with E-state index >= 15 is 0 Å². The first-order valence-corrected chi connectivity index (χ1v) is 7.65. The van der Waals surface area contributed by atoms with E-state index in [-0.39, 0.29) is 5.92 Å². The van der Waals surface area contributed by atoms with Crippen LogP contribution in [0.25, 0.3) is 5.69 Å². The molecule has 0 bridgehead atoms. The third kappa shape index (κ3) is 2.20. The van der Waals surface area contributed by atoms with Gasteiger partial charge in [0.2, 0.25) is 0 Å². The fourth-order valence-electron chi connectivity index (χ4n) is 2.95. The highest BCUT2D eigenvalue weighted by Crippen LogP contribution is 2.30. The molecule has 112 valence electrons. The Morgan fingerprint density at radius 2 is 2.14 bits per heavy atom. The number of rotatable bonds is 2. The molecule has 6 nitrogen and oxygen atoms in total. The molecular formula is C15H15ClN6. The quantitative estimate of drug-likeness (QED) is 0.729. The van der Waals surface area contributed by atoms with E-state index in [0.29, 0.717) is 5.02 Å². The SMILES string of the molecule is Cc1nc(C2CCn3ncnc3C2)n(-c2ccccc2Cl)n1. The van der Waals surface area contributed by atoms with Gasteiger partial charge >= 0.3 is 0 Å². The Hall–Kier alpha value is -2.21. The molecule has 4 rings (SSSR count). The van der Waals surface area contributed by atoms with Crippen molar-refractivity contribution in [3.05, 3.63) is 53.1 Å². The summed E-state index contributed by atoms with van der Waals surface area (Å²) in [7, 11) is 0. The van der Waals surface area contributed by atoms with Crippen molar-refractivity contribution in [2.75, 3.05) is 0 Å². The molecule has 0 spiro atoms. The summed E-state index contributed by atoms with van der Waals surface area (Å²) in [5, 5.41) is 9.44. The molecule has 0 fully saturated rings. The molecule has 0 amide bonds. The molecule has 1 atom stereocenters. The molecular weight excluding hydrogens is 300 g/mol. The third-order valence-corrected chi connectivity index (χ3v) is 4.32. The lowest BCUT2D eigenvalue weighted by Gasteiger charge is -2.22. The van der Waals surface area contributed by atoms with Gasteiger partial charge < -0.3 is 0 Å². The summed E-state index contributed by atoms with van der Waals surface area (Å²) < 4.78 is 3.83. The molecule has 3 aromatic rings. The average molecular weight is 315 g/mol. The van der Waals surface area contributed by atoms with E-state index in [4.69, 9.17) is 11.6 Å². The number of aryl methyl sites for hydroxylation is 2. The largest absolute Gasteiger partial charge is 0.250 e. The van der Waals surface area contributed by atoms with Gasteiger partial charge in [-0.3, -0.25) is 4.68 Å². The topological polar surface area (TPSA) is 61.4 Å². The molecule has 0 saturated carbocycles. The van der Waals surface area contributed by atoms with Crippen LogP contribution in [-0.2, 0) is 13.0 Å². The van der Waals surface area contributed by atoms with Gasteiger partial charge in [-0.25, -0.2) is 14.6 Å². The number of fused-ring (bicyclic) bond motifs is 1. The minimum absolute atomic E-state index is 0.272. The van der Waals surface area contributed by atoms with E-state index in [2.05, 4.69) is 20.2 Å². The Labute approximate surface area is 132 Å². The lowest BCUT2D eigenvalue weighted by Crippen LogP contribution is -2.22. The number of benzene rings is 1. The van der Waals surface area contributed by atoms with Crippen LogP contribution in [0.3, 0.4) is 0 Å². The van der Waals surface area contributed by atoms with Crippen LogP contribution in [-0.4, -0.2) is 29.5 Å². The lowest BCUT2D eigenvalue weighted by atomic mass is 9.97. The fourth-order valence-corrected chi connectivity index (χ4v) is 3.17. The highest BCUT2D eigenvalue weighted by atomic mass is 35.5. The van der Waals surface area contributed by atoms with E-state index in [0.717, 1.165) is 42.5 Å². The van der Waals surface area contributed by atoms with Crippen molar-refractivity contribution < 1.29 is 0 Å². The maximum Gasteiger partial charge on any atom is 0.148 e. The second-order valence-electron chi connectivity index (χ2n) is 5.47. The van der Waals surface area contributed by atoms with Gasteiger partial charge in [0.05, 0.1) is 10.7 Å². The second kappa shape index (κ2) is 5.21. The van der Waals surface area contributed by atoms with Crippen molar-refractivity contribution in [2.24, 2.45) is 0 Å². The summed E-state index contributed by atoms with van der Waals surface area (Å²) in [4.78, 5) is 8.97. The van der Waals surface area contributed by atoms with Gasteiger partial charge in [-0.05, 0) is 25.5 Å². The van der Waals surface area contributed by atoms with Crippen molar-refractivity contribution in [2.45, 2.75) is 32.2 Å². The van der Waals surface area contributed by atoms with Crippen LogP contribution >= 0.6 is 11.6 Å². The smallest absolute Gasteiger partial charge is 0.148 e. The number of hydrogen-bond acceptors (Lipinski definition) is 4. The van der Waals surface area contributed by atoms with Crippen molar-refractivity contribution in [1.82, 2.24) is 29.5 Å². The Morgan fingerprint density at radius 1 is 1.27 bits per heavy atom. The van der Waals surface area contributed by atoms with Crippen molar-refractivity contribution >= 4 is 11.6 Å². The van der Waals surface area contributed by atoms with Gasteiger partial charge in [0.1, 0.15) is 23.8 Å². The average Bonchev–Trinajstić information content (AvgIpc) is 3.13. The van der Waals surface area contributed by atoms with Gasteiger partial charge in [-0.2, -0.15) is 10.2 Å². The zero-order valence-corrected chi connectivity index (χ0v) is 12.9. The van der Waals surface area contributed by atoms with E-state index in [1.165, 1.54) is 0 Å². The Balaban J connectivity index is 1.76. The van der Waals surface area contributed by atoms with Crippen LogP contribution < -0.4 is 0 Å². The number of hydrogen-bond donors (Lipinski definition) is 0. The summed E-state index contributed by atoms with van der Waals surface area (Å²) >= 11 is 6.33. The van der Waals surface area contributed by atoms with E-state index in [9.17, 15) is 0 Å². The maximum absolute atomic E-state index is 6.33. The molecule has 1 aliphatic rings. The van der Waals surface area contributed by atoms with Gasteiger partial charge in [-0.15, -0.1) is 0 Å². The predicted octanol–water partition coefficient (Wildman–Crippen LogP) is 2.55. The zero-order chi connectivity index (χ0) is 15.1. The highest BCUT2D eigenvalue weighted by molar-refractivity contribution is 6.32. The summed E-state index contributed by atoms with van der Waals surface area (Å²) in [6.07, 6.45) is 3.41. The molecule has 1 unspecified atom stereocenters. The van der Waals surface area contributed by atoms with Crippen LogP contribution in [0.1, 0.15) is 29.8 Å². The second-order valence-corrected chi connectivity index (χ2v) is 5.88. The summed E-state index contributed by atoms with van der Waals surface area (Å²) in [6.45, 7) is 2.76. The molecule has 1 aromatic carbocycles. The Bertz CT molecular complexity index is 821. The van der Waals surface area contributed by atoms with Crippen LogP contribution in [0, 0.1) is 6.92 Å². The van der Waals surface area contributed by atoms with E-state index in [1.54, 1.807) is 6.33 Å². The molecule has 2 aromatic heterocycles. The molecule has 0 aliphatic carbocycles. The van der Waals surface area contributed by atoms with Crippen LogP contribution in [0.5, 0.6) is 0 Å². The predicted molar refractivity (Wildman–Crippen MR) is 82.2 cm³/mol. The first kappa shape index (κ1) is 13.5. The molecule has 0 radical (unpaired) electrons. The molecule has 7 heteroatoms. The first-order chi connectivity index (χ1) is 10.7. The molecule has 22 heavy (non-hydrogen) atoms. The monoisotopic (exact) mass is 314 g/mol. The Kier molecular flexibility index (Phi) is 3.18. The molecule has 3 heterocycles. The minimum atomic E-state index is 0.272. The van der Waals surface area contributed by atoms with Crippen LogP contribution in [0.15, 0.2) is 30.6 Å². The number of aromatic nitrogens is 6. The van der Waals surface area contributed by atoms with Gasteiger partial charge in [0, 0.05) is 18.9 Å². The lowest BCUT2D eigenvalue weighted by molar-refractivity contribution is 0.417.